The van der Waals surface area contributed by atoms with Crippen LogP contribution in [-0.2, 0) is 28.5 Å². The minimum Gasteiger partial charge on any atom is -0.367 e. The van der Waals surface area contributed by atoms with E-state index in [9.17, 15) is 9.59 Å². The molecule has 42 heavy (non-hydrogen) atoms. The predicted molar refractivity (Wildman–Crippen MR) is 151 cm³/mol. The molecule has 0 spiro atoms. The summed E-state index contributed by atoms with van der Waals surface area (Å²) in [7, 11) is 0. The quantitative estimate of drug-likeness (QED) is 0.260. The molecule has 2 aromatic heterocycles. The number of aromatic nitrogens is 4. The third-order valence-electron chi connectivity index (χ3n) is 7.21. The van der Waals surface area contributed by atoms with Gasteiger partial charge in [0.2, 0.25) is 11.8 Å². The maximum atomic E-state index is 11.9. The standard InChI is InChI=1S/C30H32N6O6/c1-29(2)39-21(25(31)37)23(41-29)27-33-13-19(35-27)17-9-5-15(6-10-17)16-7-11-18(12-8-16)20-14-34-28(36-20)24-22(26(32)38)40-30(3,4)42-24/h5-14,21-24H,1-4H3,(H2,31,37)(H2,32,38)(H,33,35)(H,34,36). The van der Waals surface area contributed by atoms with Crippen LogP contribution in [0.15, 0.2) is 60.9 Å². The number of aromatic amines is 2. The fourth-order valence-electron chi connectivity index (χ4n) is 5.28. The highest BCUT2D eigenvalue weighted by molar-refractivity contribution is 5.80. The van der Waals surface area contributed by atoms with Crippen LogP contribution in [-0.4, -0.2) is 55.5 Å². The van der Waals surface area contributed by atoms with E-state index in [1.807, 2.05) is 48.5 Å². The Morgan fingerprint density at radius 2 is 0.952 bits per heavy atom. The van der Waals surface area contributed by atoms with E-state index in [-0.39, 0.29) is 0 Å². The number of primary amides is 2. The Bertz CT molecular complexity index is 1500. The van der Waals surface area contributed by atoms with Gasteiger partial charge in [-0.3, -0.25) is 9.59 Å². The van der Waals surface area contributed by atoms with Crippen molar-refractivity contribution in [2.45, 2.75) is 63.7 Å². The third kappa shape index (κ3) is 5.32. The number of nitrogens with two attached hydrogens (primary N) is 2. The Balaban J connectivity index is 1.16. The van der Waals surface area contributed by atoms with Crippen LogP contribution in [0.1, 0.15) is 51.6 Å². The molecule has 2 amide bonds. The molecule has 218 valence electrons. The van der Waals surface area contributed by atoms with Crippen LogP contribution in [0.4, 0.5) is 0 Å². The molecule has 4 atom stereocenters. The third-order valence-corrected chi connectivity index (χ3v) is 7.21. The van der Waals surface area contributed by atoms with Crippen molar-refractivity contribution < 1.29 is 28.5 Å². The smallest absolute Gasteiger partial charge is 0.249 e. The van der Waals surface area contributed by atoms with Gasteiger partial charge in [-0.2, -0.15) is 0 Å². The van der Waals surface area contributed by atoms with E-state index in [2.05, 4.69) is 19.9 Å². The molecule has 4 unspecified atom stereocenters. The summed E-state index contributed by atoms with van der Waals surface area (Å²) in [4.78, 5) is 39.1. The van der Waals surface area contributed by atoms with E-state index in [0.29, 0.717) is 11.6 Å². The number of nitrogens with zero attached hydrogens (tertiary/aromatic N) is 2. The van der Waals surface area contributed by atoms with Gasteiger partial charge in [-0.25, -0.2) is 9.97 Å². The fraction of sp³-hybridized carbons (Fsp3) is 0.333. The van der Waals surface area contributed by atoms with Gasteiger partial charge in [0.05, 0.1) is 23.8 Å². The fourth-order valence-corrected chi connectivity index (χ4v) is 5.28. The average molecular weight is 573 g/mol. The van der Waals surface area contributed by atoms with Crippen molar-refractivity contribution in [2.75, 3.05) is 0 Å². The molecule has 2 aliphatic heterocycles. The number of hydrogen-bond acceptors (Lipinski definition) is 8. The molecule has 4 aromatic rings. The molecule has 12 nitrogen and oxygen atoms in total. The van der Waals surface area contributed by atoms with Gasteiger partial charge < -0.3 is 40.4 Å². The van der Waals surface area contributed by atoms with Crippen LogP contribution in [0, 0.1) is 0 Å². The van der Waals surface area contributed by atoms with E-state index in [4.69, 9.17) is 30.4 Å². The summed E-state index contributed by atoms with van der Waals surface area (Å²) in [5, 5.41) is 0. The summed E-state index contributed by atoms with van der Waals surface area (Å²) in [6, 6.07) is 16.0. The van der Waals surface area contributed by atoms with E-state index in [1.165, 1.54) is 0 Å². The Kier molecular flexibility index (Phi) is 6.73. The molecule has 0 aliphatic carbocycles. The van der Waals surface area contributed by atoms with Gasteiger partial charge in [-0.15, -0.1) is 0 Å². The van der Waals surface area contributed by atoms with E-state index in [1.54, 1.807) is 40.1 Å². The molecule has 0 radical (unpaired) electrons. The summed E-state index contributed by atoms with van der Waals surface area (Å²) in [6.07, 6.45) is 0.0968. The van der Waals surface area contributed by atoms with Gasteiger partial charge in [-0.1, -0.05) is 48.5 Å². The second-order valence-electron chi connectivity index (χ2n) is 11.3. The molecule has 2 fully saturated rings. The van der Waals surface area contributed by atoms with E-state index >= 15 is 0 Å². The number of benzene rings is 2. The first-order valence-corrected chi connectivity index (χ1v) is 13.5. The van der Waals surface area contributed by atoms with Crippen molar-refractivity contribution in [1.29, 1.82) is 0 Å². The van der Waals surface area contributed by atoms with Crippen molar-refractivity contribution >= 4 is 11.8 Å². The average Bonchev–Trinajstić information content (AvgIpc) is 3.73. The number of imidazole rings is 2. The topological polar surface area (TPSA) is 180 Å². The zero-order chi connectivity index (χ0) is 29.8. The molecular weight excluding hydrogens is 540 g/mol. The first-order valence-electron chi connectivity index (χ1n) is 13.5. The van der Waals surface area contributed by atoms with Gasteiger partial charge in [-0.05, 0) is 49.9 Å². The lowest BCUT2D eigenvalue weighted by Crippen LogP contribution is -2.33. The predicted octanol–water partition coefficient (Wildman–Crippen LogP) is 3.49. The zero-order valence-corrected chi connectivity index (χ0v) is 23.6. The lowest BCUT2D eigenvalue weighted by Gasteiger charge is -2.15. The van der Waals surface area contributed by atoms with Gasteiger partial charge in [0.25, 0.3) is 0 Å². The minimum atomic E-state index is -0.946. The second kappa shape index (κ2) is 10.2. The monoisotopic (exact) mass is 572 g/mol. The Morgan fingerprint density at radius 3 is 1.29 bits per heavy atom. The number of nitrogens with one attached hydrogen (secondary N) is 2. The van der Waals surface area contributed by atoms with Crippen LogP contribution in [0.2, 0.25) is 0 Å². The van der Waals surface area contributed by atoms with Crippen molar-refractivity contribution in [3.63, 3.8) is 0 Å². The van der Waals surface area contributed by atoms with Crippen LogP contribution in [0.5, 0.6) is 0 Å². The number of rotatable bonds is 7. The second-order valence-corrected chi connectivity index (χ2v) is 11.3. The van der Waals surface area contributed by atoms with E-state index in [0.717, 1.165) is 33.6 Å². The van der Waals surface area contributed by atoms with Gasteiger partial charge in [0.1, 0.15) is 11.6 Å². The molecule has 12 heteroatoms. The highest BCUT2D eigenvalue weighted by Gasteiger charge is 2.47. The Hall–Kier alpha value is -4.36. The molecule has 0 saturated carbocycles. The molecule has 2 saturated heterocycles. The lowest BCUT2D eigenvalue weighted by molar-refractivity contribution is -0.155. The number of ether oxygens (including phenoxy) is 4. The highest BCUT2D eigenvalue weighted by atomic mass is 16.8. The van der Waals surface area contributed by atoms with Gasteiger partial charge >= 0.3 is 0 Å². The summed E-state index contributed by atoms with van der Waals surface area (Å²) < 4.78 is 23.0. The SMILES string of the molecule is CC1(C)OC(C(N)=O)C(c2ncc(-c3ccc(-c4ccc(-c5cnc(C6OC(C)(C)OC6C(N)=O)[nH]5)cc4)cc3)[nH]2)O1. The first kappa shape index (κ1) is 27.8. The van der Waals surface area contributed by atoms with Crippen molar-refractivity contribution in [3.8, 4) is 33.6 Å². The van der Waals surface area contributed by atoms with Crippen LogP contribution in [0.25, 0.3) is 33.6 Å². The van der Waals surface area contributed by atoms with Gasteiger partial charge in [0.15, 0.2) is 36.0 Å². The molecule has 6 N–H and O–H groups in total. The number of hydrogen-bond donors (Lipinski definition) is 4. The molecule has 6 rings (SSSR count). The minimum absolute atomic E-state index is 0.474. The first-order chi connectivity index (χ1) is 19.9. The molecule has 0 bridgehead atoms. The summed E-state index contributed by atoms with van der Waals surface area (Å²) >= 11 is 0. The summed E-state index contributed by atoms with van der Waals surface area (Å²) in [5.41, 5.74) is 16.5. The normalized spacial score (nSPS) is 24.6. The summed E-state index contributed by atoms with van der Waals surface area (Å²) in [6.45, 7) is 6.91. The van der Waals surface area contributed by atoms with Crippen molar-refractivity contribution in [1.82, 2.24) is 19.9 Å². The Morgan fingerprint density at radius 1 is 0.619 bits per heavy atom. The van der Waals surface area contributed by atoms with Crippen molar-refractivity contribution in [3.05, 3.63) is 72.6 Å². The molecule has 2 aromatic carbocycles. The van der Waals surface area contributed by atoms with Gasteiger partial charge in [0, 0.05) is 0 Å². The van der Waals surface area contributed by atoms with Crippen LogP contribution in [0.3, 0.4) is 0 Å². The van der Waals surface area contributed by atoms with Crippen molar-refractivity contribution in [2.24, 2.45) is 11.5 Å². The molecule has 2 aliphatic rings. The lowest BCUT2D eigenvalue weighted by atomic mass is 10.0. The number of carbonyl (C=O) groups excluding carboxylic acids is 2. The number of amides is 2. The maximum absolute atomic E-state index is 11.9. The van der Waals surface area contributed by atoms with Crippen LogP contribution >= 0.6 is 0 Å². The molecule has 4 heterocycles. The highest BCUT2D eigenvalue weighted by Crippen LogP contribution is 2.39. The molecular formula is C30H32N6O6. The number of H-pyrrole nitrogens is 2. The Labute approximate surface area is 241 Å². The van der Waals surface area contributed by atoms with E-state index < -0.39 is 47.8 Å². The summed E-state index contributed by atoms with van der Waals surface area (Å²) in [5.74, 6) is -2.16. The zero-order valence-electron chi connectivity index (χ0n) is 23.6. The largest absolute Gasteiger partial charge is 0.367 e. The maximum Gasteiger partial charge on any atom is 0.249 e. The number of carbonyl (C=O) groups is 2. The van der Waals surface area contributed by atoms with Crippen LogP contribution < -0.4 is 11.5 Å².